The molecule has 1 amide bonds. The lowest BCUT2D eigenvalue weighted by Gasteiger charge is -2.12. The van der Waals surface area contributed by atoms with E-state index in [2.05, 4.69) is 22.3 Å². The summed E-state index contributed by atoms with van der Waals surface area (Å²) < 4.78 is 1.88. The van der Waals surface area contributed by atoms with Crippen LogP contribution in [0.5, 0.6) is 0 Å². The zero-order chi connectivity index (χ0) is 14.7. The van der Waals surface area contributed by atoms with Crippen LogP contribution in [-0.4, -0.2) is 27.2 Å². The lowest BCUT2D eigenvalue weighted by molar-refractivity contribution is 0.0946. The number of carbonyl (C=O) groups is 1. The summed E-state index contributed by atoms with van der Waals surface area (Å²) in [5, 5.41) is 8.25. The smallest absolute Gasteiger partial charge is 0.251 e. The van der Waals surface area contributed by atoms with E-state index in [-0.39, 0.29) is 5.91 Å². The van der Waals surface area contributed by atoms with Crippen LogP contribution in [0.15, 0.2) is 48.9 Å². The summed E-state index contributed by atoms with van der Waals surface area (Å²) in [6, 6.07) is 9.57. The van der Waals surface area contributed by atoms with Crippen molar-refractivity contribution in [1.82, 2.24) is 20.1 Å². The molecule has 0 saturated heterocycles. The number of H-pyrrole nitrogens is 1. The summed E-state index contributed by atoms with van der Waals surface area (Å²) >= 11 is 0. The molecule has 21 heavy (non-hydrogen) atoms. The Morgan fingerprint density at radius 1 is 1.43 bits per heavy atom. The first-order valence-corrected chi connectivity index (χ1v) is 7.05. The molecule has 0 radical (unpaired) electrons. The van der Waals surface area contributed by atoms with Crippen molar-refractivity contribution in [3.8, 4) is 0 Å². The van der Waals surface area contributed by atoms with Gasteiger partial charge in [-0.25, -0.2) is 0 Å². The van der Waals surface area contributed by atoms with Crippen LogP contribution in [0.1, 0.15) is 17.3 Å². The predicted octanol–water partition coefficient (Wildman–Crippen LogP) is 2.43. The van der Waals surface area contributed by atoms with E-state index >= 15 is 0 Å². The van der Waals surface area contributed by atoms with Crippen LogP contribution in [-0.2, 0) is 6.54 Å². The predicted molar refractivity (Wildman–Crippen MR) is 82.0 cm³/mol. The molecule has 3 rings (SSSR count). The minimum absolute atomic E-state index is 0.0428. The highest BCUT2D eigenvalue weighted by atomic mass is 16.1. The number of fused-ring (bicyclic) bond motifs is 1. The molecular weight excluding hydrogens is 264 g/mol. The van der Waals surface area contributed by atoms with Crippen LogP contribution in [0.3, 0.4) is 0 Å². The molecule has 0 spiro atoms. The number of hydrogen-bond donors (Lipinski definition) is 2. The second-order valence-electron chi connectivity index (χ2n) is 5.32. The van der Waals surface area contributed by atoms with Crippen molar-refractivity contribution < 1.29 is 4.79 Å². The fourth-order valence-electron chi connectivity index (χ4n) is 2.35. The highest BCUT2D eigenvalue weighted by molar-refractivity contribution is 5.97. The maximum absolute atomic E-state index is 12.2. The third kappa shape index (κ3) is 3.13. The standard InChI is InChI=1S/C16H18N4O/c1-12(11-20-8-2-6-19-20)10-18-16(21)14-4-3-13-5-7-17-15(13)9-14/h2-9,12,17H,10-11H2,1H3,(H,18,21). The van der Waals surface area contributed by atoms with E-state index in [0.717, 1.165) is 17.4 Å². The Balaban J connectivity index is 1.58. The van der Waals surface area contributed by atoms with Gasteiger partial charge >= 0.3 is 0 Å². The van der Waals surface area contributed by atoms with Gasteiger partial charge in [-0.3, -0.25) is 9.48 Å². The van der Waals surface area contributed by atoms with Crippen molar-refractivity contribution in [2.45, 2.75) is 13.5 Å². The number of rotatable bonds is 5. The summed E-state index contributed by atoms with van der Waals surface area (Å²) in [4.78, 5) is 15.3. The van der Waals surface area contributed by atoms with Crippen molar-refractivity contribution >= 4 is 16.8 Å². The highest BCUT2D eigenvalue weighted by Gasteiger charge is 2.09. The van der Waals surface area contributed by atoms with E-state index in [0.29, 0.717) is 18.0 Å². The summed E-state index contributed by atoms with van der Waals surface area (Å²) in [5.74, 6) is 0.280. The Morgan fingerprint density at radius 2 is 2.33 bits per heavy atom. The number of nitrogens with one attached hydrogen (secondary N) is 2. The molecule has 2 N–H and O–H groups in total. The van der Waals surface area contributed by atoms with Gasteiger partial charge in [-0.1, -0.05) is 13.0 Å². The molecule has 5 heteroatoms. The summed E-state index contributed by atoms with van der Waals surface area (Å²) in [5.41, 5.74) is 1.66. The van der Waals surface area contributed by atoms with Gasteiger partial charge in [0, 0.05) is 42.8 Å². The second-order valence-corrected chi connectivity index (χ2v) is 5.32. The molecule has 1 aromatic carbocycles. The van der Waals surface area contributed by atoms with E-state index in [1.807, 2.05) is 47.4 Å². The fraction of sp³-hybridized carbons (Fsp3) is 0.250. The molecule has 0 fully saturated rings. The molecule has 0 bridgehead atoms. The van der Waals surface area contributed by atoms with Crippen molar-refractivity contribution in [1.29, 1.82) is 0 Å². The molecule has 0 aliphatic carbocycles. The minimum Gasteiger partial charge on any atom is -0.361 e. The molecule has 1 unspecified atom stereocenters. The SMILES string of the molecule is CC(CNC(=O)c1ccc2cc[nH]c2c1)Cn1cccn1. The Bertz CT molecular complexity index is 730. The number of carbonyl (C=O) groups excluding carboxylic acids is 1. The first kappa shape index (κ1) is 13.4. The van der Waals surface area contributed by atoms with Crippen molar-refractivity contribution in [2.24, 2.45) is 5.92 Å². The van der Waals surface area contributed by atoms with Crippen LogP contribution < -0.4 is 5.32 Å². The van der Waals surface area contributed by atoms with Gasteiger partial charge in [0.2, 0.25) is 0 Å². The Labute approximate surface area is 123 Å². The first-order valence-electron chi connectivity index (χ1n) is 7.05. The highest BCUT2D eigenvalue weighted by Crippen LogP contribution is 2.14. The molecule has 0 saturated carbocycles. The lowest BCUT2D eigenvalue weighted by Crippen LogP contribution is -2.30. The van der Waals surface area contributed by atoms with E-state index < -0.39 is 0 Å². The van der Waals surface area contributed by atoms with Crippen molar-refractivity contribution in [3.63, 3.8) is 0 Å². The quantitative estimate of drug-likeness (QED) is 0.755. The van der Waals surface area contributed by atoms with Crippen LogP contribution >= 0.6 is 0 Å². The number of benzene rings is 1. The summed E-state index contributed by atoms with van der Waals surface area (Å²) in [6.45, 7) is 3.51. The van der Waals surface area contributed by atoms with E-state index in [9.17, 15) is 4.79 Å². The van der Waals surface area contributed by atoms with Gasteiger partial charge in [0.15, 0.2) is 0 Å². The van der Waals surface area contributed by atoms with Gasteiger partial charge in [-0.05, 0) is 35.6 Å². The molecule has 2 heterocycles. The van der Waals surface area contributed by atoms with Crippen molar-refractivity contribution in [2.75, 3.05) is 6.54 Å². The fourth-order valence-corrected chi connectivity index (χ4v) is 2.35. The van der Waals surface area contributed by atoms with Gasteiger partial charge in [-0.15, -0.1) is 0 Å². The van der Waals surface area contributed by atoms with Crippen LogP contribution in [0.25, 0.3) is 10.9 Å². The Morgan fingerprint density at radius 3 is 3.14 bits per heavy atom. The monoisotopic (exact) mass is 282 g/mol. The molecule has 5 nitrogen and oxygen atoms in total. The zero-order valence-electron chi connectivity index (χ0n) is 11.9. The number of hydrogen-bond acceptors (Lipinski definition) is 2. The largest absolute Gasteiger partial charge is 0.361 e. The third-order valence-electron chi connectivity index (χ3n) is 3.49. The molecule has 1 atom stereocenters. The van der Waals surface area contributed by atoms with Gasteiger partial charge in [0.1, 0.15) is 0 Å². The summed E-state index contributed by atoms with van der Waals surface area (Å²) in [7, 11) is 0. The average Bonchev–Trinajstić information content (AvgIpc) is 3.14. The Hall–Kier alpha value is -2.56. The molecule has 3 aromatic rings. The average molecular weight is 282 g/mol. The third-order valence-corrected chi connectivity index (χ3v) is 3.49. The van der Waals surface area contributed by atoms with E-state index in [1.165, 1.54) is 0 Å². The van der Waals surface area contributed by atoms with Gasteiger partial charge < -0.3 is 10.3 Å². The van der Waals surface area contributed by atoms with Crippen LogP contribution in [0.4, 0.5) is 0 Å². The Kier molecular flexibility index (Phi) is 3.73. The molecule has 108 valence electrons. The van der Waals surface area contributed by atoms with Gasteiger partial charge in [0.25, 0.3) is 5.91 Å². The molecule has 2 aromatic heterocycles. The maximum Gasteiger partial charge on any atom is 0.251 e. The van der Waals surface area contributed by atoms with Gasteiger partial charge in [0.05, 0.1) is 0 Å². The number of aromatic amines is 1. The van der Waals surface area contributed by atoms with E-state index in [4.69, 9.17) is 0 Å². The molecule has 0 aliphatic rings. The van der Waals surface area contributed by atoms with Crippen molar-refractivity contribution in [3.05, 3.63) is 54.5 Å². The normalized spacial score (nSPS) is 12.4. The zero-order valence-corrected chi connectivity index (χ0v) is 11.9. The molecule has 0 aliphatic heterocycles. The lowest BCUT2D eigenvalue weighted by atomic mass is 10.1. The summed E-state index contributed by atoms with van der Waals surface area (Å²) in [6.07, 6.45) is 5.56. The van der Waals surface area contributed by atoms with E-state index in [1.54, 1.807) is 6.20 Å². The second kappa shape index (κ2) is 5.83. The molecular formula is C16H18N4O. The number of aromatic nitrogens is 3. The maximum atomic E-state index is 12.2. The number of nitrogens with zero attached hydrogens (tertiary/aromatic N) is 2. The number of amides is 1. The first-order chi connectivity index (χ1) is 10.2. The van der Waals surface area contributed by atoms with Crippen LogP contribution in [0.2, 0.25) is 0 Å². The minimum atomic E-state index is -0.0428. The van der Waals surface area contributed by atoms with Crippen LogP contribution in [0, 0.1) is 5.92 Å². The van der Waals surface area contributed by atoms with Gasteiger partial charge in [-0.2, -0.15) is 5.10 Å². The topological polar surface area (TPSA) is 62.7 Å².